The monoisotopic (exact) mass is 225 g/mol. The van der Waals surface area contributed by atoms with Gasteiger partial charge in [-0.2, -0.15) is 0 Å². The molecule has 0 saturated carbocycles. The third-order valence-electron chi connectivity index (χ3n) is 2.12. The molecule has 0 aliphatic carbocycles. The summed E-state index contributed by atoms with van der Waals surface area (Å²) in [4.78, 5) is 11.5. The maximum atomic E-state index is 13.3. The van der Waals surface area contributed by atoms with Crippen molar-refractivity contribution in [3.05, 3.63) is 30.1 Å². The zero-order valence-corrected chi connectivity index (χ0v) is 9.50. The SMILES string of the molecule is CCNC(=O)C(CC)Oc1ccccc1F. The van der Waals surface area contributed by atoms with E-state index in [4.69, 9.17) is 4.74 Å². The lowest BCUT2D eigenvalue weighted by molar-refractivity contribution is -0.128. The summed E-state index contributed by atoms with van der Waals surface area (Å²) < 4.78 is 18.6. The van der Waals surface area contributed by atoms with Gasteiger partial charge in [-0.15, -0.1) is 0 Å². The number of hydrogen-bond acceptors (Lipinski definition) is 2. The van der Waals surface area contributed by atoms with Crippen molar-refractivity contribution in [2.75, 3.05) is 6.54 Å². The van der Waals surface area contributed by atoms with Gasteiger partial charge < -0.3 is 10.1 Å². The van der Waals surface area contributed by atoms with Crippen LogP contribution in [0.5, 0.6) is 5.75 Å². The molecule has 16 heavy (non-hydrogen) atoms. The van der Waals surface area contributed by atoms with Crippen LogP contribution in [-0.2, 0) is 4.79 Å². The zero-order chi connectivity index (χ0) is 12.0. The van der Waals surface area contributed by atoms with Crippen LogP contribution in [-0.4, -0.2) is 18.6 Å². The van der Waals surface area contributed by atoms with Gasteiger partial charge in [0.15, 0.2) is 17.7 Å². The molecule has 1 atom stereocenters. The first-order valence-corrected chi connectivity index (χ1v) is 5.37. The van der Waals surface area contributed by atoms with Gasteiger partial charge in [-0.1, -0.05) is 19.1 Å². The van der Waals surface area contributed by atoms with E-state index < -0.39 is 11.9 Å². The molecule has 0 radical (unpaired) electrons. The van der Waals surface area contributed by atoms with Crippen LogP contribution in [0.2, 0.25) is 0 Å². The van der Waals surface area contributed by atoms with Crippen LogP contribution in [0.25, 0.3) is 0 Å². The van der Waals surface area contributed by atoms with E-state index in [1.807, 2.05) is 13.8 Å². The second-order valence-electron chi connectivity index (χ2n) is 3.34. The average molecular weight is 225 g/mol. The second-order valence-corrected chi connectivity index (χ2v) is 3.34. The highest BCUT2D eigenvalue weighted by Crippen LogP contribution is 2.17. The quantitative estimate of drug-likeness (QED) is 0.833. The summed E-state index contributed by atoms with van der Waals surface area (Å²) in [5.41, 5.74) is 0. The van der Waals surface area contributed by atoms with Gasteiger partial charge in [0.1, 0.15) is 0 Å². The van der Waals surface area contributed by atoms with Gasteiger partial charge in [0.2, 0.25) is 0 Å². The summed E-state index contributed by atoms with van der Waals surface area (Å²) in [6.07, 6.45) is -0.142. The number of amides is 1. The van der Waals surface area contributed by atoms with Crippen LogP contribution < -0.4 is 10.1 Å². The third-order valence-corrected chi connectivity index (χ3v) is 2.12. The fraction of sp³-hybridized carbons (Fsp3) is 0.417. The number of para-hydroxylation sites is 1. The molecular weight excluding hydrogens is 209 g/mol. The van der Waals surface area contributed by atoms with Crippen molar-refractivity contribution in [3.8, 4) is 5.75 Å². The van der Waals surface area contributed by atoms with Gasteiger partial charge in [0.25, 0.3) is 5.91 Å². The Kier molecular flexibility index (Phi) is 4.76. The van der Waals surface area contributed by atoms with Gasteiger partial charge >= 0.3 is 0 Å². The Morgan fingerprint density at radius 3 is 2.69 bits per heavy atom. The van der Waals surface area contributed by atoms with Crippen molar-refractivity contribution in [3.63, 3.8) is 0 Å². The molecule has 0 saturated heterocycles. The number of halogens is 1. The van der Waals surface area contributed by atoms with Gasteiger partial charge in [-0.05, 0) is 25.5 Å². The summed E-state index contributed by atoms with van der Waals surface area (Å²) in [5.74, 6) is -0.556. The van der Waals surface area contributed by atoms with E-state index in [1.165, 1.54) is 12.1 Å². The Bertz CT molecular complexity index is 355. The summed E-state index contributed by atoms with van der Waals surface area (Å²) in [7, 11) is 0. The molecule has 3 nitrogen and oxygen atoms in total. The van der Waals surface area contributed by atoms with Crippen molar-refractivity contribution in [2.45, 2.75) is 26.4 Å². The fourth-order valence-electron chi connectivity index (χ4n) is 1.30. The third kappa shape index (κ3) is 3.22. The average Bonchev–Trinajstić information content (AvgIpc) is 2.28. The molecule has 1 amide bonds. The lowest BCUT2D eigenvalue weighted by Gasteiger charge is -2.16. The van der Waals surface area contributed by atoms with Crippen molar-refractivity contribution >= 4 is 5.91 Å². The lowest BCUT2D eigenvalue weighted by Crippen LogP contribution is -2.37. The van der Waals surface area contributed by atoms with E-state index in [0.29, 0.717) is 13.0 Å². The Hall–Kier alpha value is -1.58. The summed E-state index contributed by atoms with van der Waals surface area (Å²) in [5, 5.41) is 2.65. The summed E-state index contributed by atoms with van der Waals surface area (Å²) in [6, 6.07) is 6.06. The van der Waals surface area contributed by atoms with E-state index in [9.17, 15) is 9.18 Å². The number of ether oxygens (including phenoxy) is 1. The molecular formula is C12H16FNO2. The number of carbonyl (C=O) groups excluding carboxylic acids is 1. The van der Waals surface area contributed by atoms with Crippen LogP contribution in [0.3, 0.4) is 0 Å². The molecule has 88 valence electrons. The highest BCUT2D eigenvalue weighted by atomic mass is 19.1. The first-order chi connectivity index (χ1) is 7.69. The van der Waals surface area contributed by atoms with Gasteiger partial charge in [-0.3, -0.25) is 4.79 Å². The number of likely N-dealkylation sites (N-methyl/N-ethyl adjacent to an activating group) is 1. The van der Waals surface area contributed by atoms with Crippen LogP contribution in [0.4, 0.5) is 4.39 Å². The van der Waals surface area contributed by atoms with Crippen molar-refractivity contribution in [1.29, 1.82) is 0 Å². The van der Waals surface area contributed by atoms with E-state index in [-0.39, 0.29) is 11.7 Å². The van der Waals surface area contributed by atoms with Gasteiger partial charge in [0.05, 0.1) is 0 Å². The highest BCUT2D eigenvalue weighted by Gasteiger charge is 2.18. The smallest absolute Gasteiger partial charge is 0.261 e. The Morgan fingerprint density at radius 1 is 1.44 bits per heavy atom. The molecule has 0 aliphatic heterocycles. The Morgan fingerprint density at radius 2 is 2.12 bits per heavy atom. The number of benzene rings is 1. The molecule has 4 heteroatoms. The van der Waals surface area contributed by atoms with E-state index in [2.05, 4.69) is 5.32 Å². The number of carbonyl (C=O) groups is 1. The lowest BCUT2D eigenvalue weighted by atomic mass is 10.2. The molecule has 0 fully saturated rings. The number of nitrogens with one attached hydrogen (secondary N) is 1. The molecule has 1 N–H and O–H groups in total. The predicted octanol–water partition coefficient (Wildman–Crippen LogP) is 2.12. The maximum absolute atomic E-state index is 13.3. The summed E-state index contributed by atoms with van der Waals surface area (Å²) >= 11 is 0. The molecule has 0 aromatic heterocycles. The van der Waals surface area contributed by atoms with Gasteiger partial charge in [0, 0.05) is 6.54 Å². The normalized spacial score (nSPS) is 11.9. The molecule has 1 aromatic carbocycles. The fourth-order valence-corrected chi connectivity index (χ4v) is 1.30. The topological polar surface area (TPSA) is 38.3 Å². The number of hydrogen-bond donors (Lipinski definition) is 1. The molecule has 0 bridgehead atoms. The van der Waals surface area contributed by atoms with E-state index >= 15 is 0 Å². The van der Waals surface area contributed by atoms with E-state index in [1.54, 1.807) is 12.1 Å². The Balaban J connectivity index is 2.70. The summed E-state index contributed by atoms with van der Waals surface area (Å²) in [6.45, 7) is 4.18. The largest absolute Gasteiger partial charge is 0.478 e. The number of rotatable bonds is 5. The Labute approximate surface area is 94.6 Å². The highest BCUT2D eigenvalue weighted by molar-refractivity contribution is 5.80. The first kappa shape index (κ1) is 12.5. The maximum Gasteiger partial charge on any atom is 0.261 e. The molecule has 1 aromatic rings. The van der Waals surface area contributed by atoms with Gasteiger partial charge in [-0.25, -0.2) is 4.39 Å². The van der Waals surface area contributed by atoms with Crippen LogP contribution in [0, 0.1) is 5.82 Å². The second kappa shape index (κ2) is 6.10. The predicted molar refractivity (Wildman–Crippen MR) is 59.8 cm³/mol. The minimum atomic E-state index is -0.642. The molecule has 1 rings (SSSR count). The minimum Gasteiger partial charge on any atom is -0.478 e. The van der Waals surface area contributed by atoms with Crippen molar-refractivity contribution in [2.24, 2.45) is 0 Å². The van der Waals surface area contributed by atoms with E-state index in [0.717, 1.165) is 0 Å². The zero-order valence-electron chi connectivity index (χ0n) is 9.50. The van der Waals surface area contributed by atoms with Crippen LogP contribution in [0.1, 0.15) is 20.3 Å². The van der Waals surface area contributed by atoms with Crippen molar-refractivity contribution < 1.29 is 13.9 Å². The van der Waals surface area contributed by atoms with Crippen LogP contribution >= 0.6 is 0 Å². The van der Waals surface area contributed by atoms with Crippen molar-refractivity contribution in [1.82, 2.24) is 5.32 Å². The molecule has 0 heterocycles. The molecule has 1 unspecified atom stereocenters. The molecule has 0 spiro atoms. The molecule has 0 aliphatic rings. The van der Waals surface area contributed by atoms with Crippen LogP contribution in [0.15, 0.2) is 24.3 Å². The minimum absolute atomic E-state index is 0.112. The first-order valence-electron chi connectivity index (χ1n) is 5.37. The standard InChI is InChI=1S/C12H16FNO2/c1-3-10(12(15)14-4-2)16-11-8-6-5-7-9(11)13/h5-8,10H,3-4H2,1-2H3,(H,14,15).